The van der Waals surface area contributed by atoms with Crippen LogP contribution in [0.3, 0.4) is 0 Å². The van der Waals surface area contributed by atoms with E-state index in [1.54, 1.807) is 0 Å². The van der Waals surface area contributed by atoms with Gasteiger partial charge in [-0.05, 0) is 32.1 Å². The normalized spacial score (nSPS) is 22.7. The number of aromatic nitrogens is 3. The second kappa shape index (κ2) is 7.42. The molecule has 1 saturated carbocycles. The van der Waals surface area contributed by atoms with Crippen molar-refractivity contribution in [1.82, 2.24) is 20.1 Å². The third-order valence-electron chi connectivity index (χ3n) is 4.46. The van der Waals surface area contributed by atoms with Crippen LogP contribution in [0.5, 0.6) is 0 Å². The van der Waals surface area contributed by atoms with Gasteiger partial charge in [-0.1, -0.05) is 12.8 Å². The molecule has 7 heteroatoms. The predicted molar refractivity (Wildman–Crippen MR) is 93.9 cm³/mol. The molecule has 0 saturated heterocycles. The molecule has 6 nitrogen and oxygen atoms in total. The van der Waals surface area contributed by atoms with Gasteiger partial charge in [0.25, 0.3) is 0 Å². The molecule has 3 rings (SSSR count). The Morgan fingerprint density at radius 1 is 1.33 bits per heavy atom. The van der Waals surface area contributed by atoms with Gasteiger partial charge in [-0.2, -0.15) is 0 Å². The van der Waals surface area contributed by atoms with Gasteiger partial charge in [0.15, 0.2) is 5.96 Å². The smallest absolute Gasteiger partial charge is 0.188 e. The van der Waals surface area contributed by atoms with Gasteiger partial charge in [0.1, 0.15) is 11.6 Å². The summed E-state index contributed by atoms with van der Waals surface area (Å²) in [6.07, 6.45) is 7.19. The summed E-state index contributed by atoms with van der Waals surface area (Å²) >= 11 is 0. The van der Waals surface area contributed by atoms with Gasteiger partial charge >= 0.3 is 0 Å². The number of guanidine groups is 1. The van der Waals surface area contributed by atoms with Crippen LogP contribution in [0.4, 0.5) is 0 Å². The number of hydrogen-bond acceptors (Lipinski definition) is 3. The van der Waals surface area contributed by atoms with Crippen molar-refractivity contribution in [2.75, 3.05) is 6.54 Å². The van der Waals surface area contributed by atoms with E-state index < -0.39 is 0 Å². The molecule has 2 aliphatic rings. The highest BCUT2D eigenvalue weighted by Gasteiger charge is 2.21. The number of rotatable bonds is 3. The van der Waals surface area contributed by atoms with E-state index in [2.05, 4.69) is 25.1 Å². The van der Waals surface area contributed by atoms with Crippen molar-refractivity contribution in [3.05, 3.63) is 11.6 Å². The van der Waals surface area contributed by atoms with Crippen LogP contribution in [-0.2, 0) is 13.0 Å². The Morgan fingerprint density at radius 2 is 2.10 bits per heavy atom. The van der Waals surface area contributed by atoms with E-state index in [0.717, 1.165) is 37.6 Å². The summed E-state index contributed by atoms with van der Waals surface area (Å²) in [5.74, 6) is 3.27. The minimum atomic E-state index is 0. The Bertz CT molecular complexity index is 492. The molecule has 1 aliphatic heterocycles. The van der Waals surface area contributed by atoms with Gasteiger partial charge in [-0.3, -0.25) is 4.99 Å². The summed E-state index contributed by atoms with van der Waals surface area (Å²) in [5, 5.41) is 11.7. The second-order valence-electron chi connectivity index (χ2n) is 6.03. The molecule has 0 bridgehead atoms. The molecular formula is C14H25IN6. The van der Waals surface area contributed by atoms with E-state index in [1.165, 1.54) is 25.7 Å². The molecular weight excluding hydrogens is 379 g/mol. The molecule has 1 atom stereocenters. The van der Waals surface area contributed by atoms with Gasteiger partial charge < -0.3 is 15.6 Å². The van der Waals surface area contributed by atoms with E-state index in [1.807, 2.05) is 6.92 Å². The van der Waals surface area contributed by atoms with Gasteiger partial charge in [-0.25, -0.2) is 0 Å². The maximum Gasteiger partial charge on any atom is 0.188 e. The number of halogens is 1. The Morgan fingerprint density at radius 3 is 2.86 bits per heavy atom. The first-order valence-electron chi connectivity index (χ1n) is 7.67. The molecule has 1 aromatic heterocycles. The van der Waals surface area contributed by atoms with E-state index in [4.69, 9.17) is 5.73 Å². The first-order chi connectivity index (χ1) is 9.72. The molecule has 118 valence electrons. The zero-order valence-corrected chi connectivity index (χ0v) is 14.9. The van der Waals surface area contributed by atoms with Crippen molar-refractivity contribution in [2.24, 2.45) is 16.6 Å². The SMILES string of the molecule is Cc1nnc2n1CC(CN=C(N)NC1CCCC1)CC2.I. The molecule has 1 fully saturated rings. The zero-order valence-electron chi connectivity index (χ0n) is 12.6. The number of nitrogens with one attached hydrogen (secondary N) is 1. The Hall–Kier alpha value is -0.860. The number of aliphatic imine (C=N–C) groups is 1. The largest absolute Gasteiger partial charge is 0.370 e. The second-order valence-corrected chi connectivity index (χ2v) is 6.03. The minimum Gasteiger partial charge on any atom is -0.370 e. The molecule has 0 spiro atoms. The third-order valence-corrected chi connectivity index (χ3v) is 4.46. The summed E-state index contributed by atoms with van der Waals surface area (Å²) in [4.78, 5) is 4.53. The van der Waals surface area contributed by atoms with Crippen molar-refractivity contribution in [2.45, 2.75) is 58.0 Å². The average molecular weight is 404 g/mol. The van der Waals surface area contributed by atoms with Crippen LogP contribution < -0.4 is 11.1 Å². The standard InChI is InChI=1S/C14H24N6.HI/c1-10-18-19-13-7-6-11(9-20(10)13)8-16-14(15)17-12-4-2-3-5-12;/h11-12H,2-9H2,1H3,(H3,15,16,17);1H. The predicted octanol–water partition coefficient (Wildman–Crippen LogP) is 1.61. The summed E-state index contributed by atoms with van der Waals surface area (Å²) in [6.45, 7) is 3.77. The molecule has 0 amide bonds. The Labute approximate surface area is 143 Å². The van der Waals surface area contributed by atoms with Crippen LogP contribution in [0.2, 0.25) is 0 Å². The zero-order chi connectivity index (χ0) is 13.9. The molecule has 0 aromatic carbocycles. The van der Waals surface area contributed by atoms with Crippen LogP contribution in [-0.4, -0.2) is 33.3 Å². The molecule has 21 heavy (non-hydrogen) atoms. The maximum absolute atomic E-state index is 5.98. The fourth-order valence-corrected chi connectivity index (χ4v) is 3.23. The highest BCUT2D eigenvalue weighted by molar-refractivity contribution is 14.0. The number of nitrogens with zero attached hydrogens (tertiary/aromatic N) is 4. The number of hydrogen-bond donors (Lipinski definition) is 2. The molecule has 1 aromatic rings. The fraction of sp³-hybridized carbons (Fsp3) is 0.786. The van der Waals surface area contributed by atoms with Gasteiger partial charge in [0.05, 0.1) is 0 Å². The summed E-state index contributed by atoms with van der Waals surface area (Å²) in [6, 6.07) is 0.539. The van der Waals surface area contributed by atoms with Crippen LogP contribution in [0, 0.1) is 12.8 Å². The quantitative estimate of drug-likeness (QED) is 0.456. The van der Waals surface area contributed by atoms with E-state index >= 15 is 0 Å². The molecule has 2 heterocycles. The third kappa shape index (κ3) is 4.08. The Kier molecular flexibility index (Phi) is 5.83. The first-order valence-corrected chi connectivity index (χ1v) is 7.67. The van der Waals surface area contributed by atoms with E-state index in [-0.39, 0.29) is 24.0 Å². The molecule has 1 aliphatic carbocycles. The lowest BCUT2D eigenvalue weighted by Gasteiger charge is -2.22. The maximum atomic E-state index is 5.98. The van der Waals surface area contributed by atoms with Crippen molar-refractivity contribution < 1.29 is 0 Å². The summed E-state index contributed by atoms with van der Waals surface area (Å²) in [5.41, 5.74) is 5.98. The first kappa shape index (κ1) is 16.5. The lowest BCUT2D eigenvalue weighted by molar-refractivity contribution is 0.369. The van der Waals surface area contributed by atoms with Crippen LogP contribution in [0.25, 0.3) is 0 Å². The fourth-order valence-electron chi connectivity index (χ4n) is 3.23. The van der Waals surface area contributed by atoms with Gasteiger partial charge in [0.2, 0.25) is 0 Å². The van der Waals surface area contributed by atoms with E-state index in [9.17, 15) is 0 Å². The van der Waals surface area contributed by atoms with Crippen LogP contribution >= 0.6 is 24.0 Å². The van der Waals surface area contributed by atoms with Crippen molar-refractivity contribution >= 4 is 29.9 Å². The van der Waals surface area contributed by atoms with E-state index in [0.29, 0.717) is 17.9 Å². The van der Waals surface area contributed by atoms with Gasteiger partial charge in [-0.15, -0.1) is 34.2 Å². The van der Waals surface area contributed by atoms with Crippen molar-refractivity contribution in [1.29, 1.82) is 0 Å². The highest BCUT2D eigenvalue weighted by Crippen LogP contribution is 2.20. The van der Waals surface area contributed by atoms with Crippen LogP contribution in [0.1, 0.15) is 43.8 Å². The topological polar surface area (TPSA) is 81.1 Å². The lowest BCUT2D eigenvalue weighted by Crippen LogP contribution is -2.39. The number of fused-ring (bicyclic) bond motifs is 1. The van der Waals surface area contributed by atoms with Crippen molar-refractivity contribution in [3.63, 3.8) is 0 Å². The summed E-state index contributed by atoms with van der Waals surface area (Å²) in [7, 11) is 0. The molecule has 0 radical (unpaired) electrons. The Balaban J connectivity index is 0.00000161. The number of aryl methyl sites for hydroxylation is 2. The molecule has 1 unspecified atom stereocenters. The van der Waals surface area contributed by atoms with Gasteiger partial charge in [0, 0.05) is 25.6 Å². The summed E-state index contributed by atoms with van der Waals surface area (Å²) < 4.78 is 2.21. The van der Waals surface area contributed by atoms with Crippen LogP contribution in [0.15, 0.2) is 4.99 Å². The lowest BCUT2D eigenvalue weighted by atomic mass is 9.99. The monoisotopic (exact) mass is 404 g/mol. The molecule has 3 N–H and O–H groups in total. The van der Waals surface area contributed by atoms with Crippen molar-refractivity contribution in [3.8, 4) is 0 Å². The number of nitrogens with two attached hydrogens (primary N) is 1. The highest BCUT2D eigenvalue weighted by atomic mass is 127. The minimum absolute atomic E-state index is 0. The average Bonchev–Trinajstić information content (AvgIpc) is 3.07.